The van der Waals surface area contributed by atoms with Gasteiger partial charge in [0.2, 0.25) is 0 Å². The number of hydrogen-bond donors (Lipinski definition) is 0. The topological polar surface area (TPSA) is 35.5 Å². The Hall–Kier alpha value is -1.77. The van der Waals surface area contributed by atoms with Gasteiger partial charge in [-0.05, 0) is 53.5 Å². The predicted molar refractivity (Wildman–Crippen MR) is 87.1 cm³/mol. The van der Waals surface area contributed by atoms with Gasteiger partial charge in [-0.25, -0.2) is 0 Å². The summed E-state index contributed by atoms with van der Waals surface area (Å²) in [5.41, 5.74) is 1.81. The number of allylic oxidation sites excluding steroid dienone is 1. The lowest BCUT2D eigenvalue weighted by Crippen LogP contribution is -2.32. The summed E-state index contributed by atoms with van der Waals surface area (Å²) in [5.74, 6) is 2.08. The second-order valence-corrected chi connectivity index (χ2v) is 7.19. The second kappa shape index (κ2) is 4.87. The lowest BCUT2D eigenvalue weighted by atomic mass is 9.70. The first-order chi connectivity index (χ1) is 10.3. The Balaban J connectivity index is 2.02. The molecule has 22 heavy (non-hydrogen) atoms. The van der Waals surface area contributed by atoms with Crippen LogP contribution in [0.1, 0.15) is 39.2 Å². The van der Waals surface area contributed by atoms with E-state index in [2.05, 4.69) is 20.8 Å². The average molecular weight is 300 g/mol. The molecule has 118 valence electrons. The largest absolute Gasteiger partial charge is 0.493 e. The van der Waals surface area contributed by atoms with Crippen LogP contribution in [0.3, 0.4) is 0 Å². The fraction of sp³-hybridized carbons (Fsp3) is 0.526. The van der Waals surface area contributed by atoms with Crippen molar-refractivity contribution in [2.75, 3.05) is 14.2 Å². The Morgan fingerprint density at radius 3 is 2.36 bits per heavy atom. The van der Waals surface area contributed by atoms with E-state index in [0.717, 1.165) is 24.0 Å². The highest BCUT2D eigenvalue weighted by atomic mass is 16.5. The van der Waals surface area contributed by atoms with E-state index in [1.54, 1.807) is 14.2 Å². The third-order valence-electron chi connectivity index (χ3n) is 6.09. The number of fused-ring (bicyclic) bond motifs is 2. The van der Waals surface area contributed by atoms with Crippen molar-refractivity contribution < 1.29 is 14.3 Å². The first-order valence-electron chi connectivity index (χ1n) is 7.83. The highest BCUT2D eigenvalue weighted by Crippen LogP contribution is 2.65. The summed E-state index contributed by atoms with van der Waals surface area (Å²) >= 11 is 0. The molecule has 0 amide bonds. The molecule has 2 fully saturated rings. The van der Waals surface area contributed by atoms with Gasteiger partial charge in [0.15, 0.2) is 17.3 Å². The lowest BCUT2D eigenvalue weighted by molar-refractivity contribution is -0.125. The molecule has 0 heterocycles. The molecule has 2 saturated carbocycles. The van der Waals surface area contributed by atoms with Crippen molar-refractivity contribution in [1.29, 1.82) is 0 Å². The van der Waals surface area contributed by atoms with Crippen LogP contribution < -0.4 is 9.47 Å². The van der Waals surface area contributed by atoms with Gasteiger partial charge in [-0.15, -0.1) is 0 Å². The maximum absolute atomic E-state index is 12.9. The Morgan fingerprint density at radius 1 is 1.14 bits per heavy atom. The summed E-state index contributed by atoms with van der Waals surface area (Å²) in [6, 6.07) is 5.79. The monoisotopic (exact) mass is 300 g/mol. The van der Waals surface area contributed by atoms with Crippen molar-refractivity contribution in [2.45, 2.75) is 33.6 Å². The number of ether oxygens (including phenoxy) is 2. The predicted octanol–water partition coefficient (Wildman–Crippen LogP) is 4.11. The highest BCUT2D eigenvalue weighted by molar-refractivity contribution is 6.08. The number of methoxy groups -OCH3 is 2. The maximum Gasteiger partial charge on any atom is 0.165 e. The van der Waals surface area contributed by atoms with E-state index in [4.69, 9.17) is 9.47 Å². The molecule has 2 atom stereocenters. The highest BCUT2D eigenvalue weighted by Gasteiger charge is 2.63. The van der Waals surface area contributed by atoms with Crippen LogP contribution in [0, 0.1) is 16.7 Å². The molecule has 0 saturated heterocycles. The van der Waals surface area contributed by atoms with Gasteiger partial charge in [0, 0.05) is 5.41 Å². The molecule has 3 rings (SSSR count). The third-order valence-corrected chi connectivity index (χ3v) is 6.09. The van der Waals surface area contributed by atoms with Crippen molar-refractivity contribution in [3.05, 3.63) is 29.3 Å². The van der Waals surface area contributed by atoms with Crippen LogP contribution in [0.2, 0.25) is 0 Å². The molecule has 1 aromatic rings. The molecule has 0 aromatic heterocycles. The minimum Gasteiger partial charge on any atom is -0.493 e. The maximum atomic E-state index is 12.9. The number of carbonyl (C=O) groups excluding carboxylic acids is 1. The minimum absolute atomic E-state index is 0.0481. The summed E-state index contributed by atoms with van der Waals surface area (Å²) in [6.45, 7) is 6.60. The summed E-state index contributed by atoms with van der Waals surface area (Å²) < 4.78 is 10.6. The summed E-state index contributed by atoms with van der Waals surface area (Å²) in [7, 11) is 3.25. The van der Waals surface area contributed by atoms with Crippen LogP contribution in [-0.2, 0) is 4.79 Å². The van der Waals surface area contributed by atoms with Crippen molar-refractivity contribution in [3.8, 4) is 11.5 Å². The number of benzene rings is 1. The number of Topliss-reactive ketones (excluding diaryl/α,β-unsaturated/α-hetero) is 1. The van der Waals surface area contributed by atoms with Gasteiger partial charge in [-0.2, -0.15) is 0 Å². The van der Waals surface area contributed by atoms with E-state index < -0.39 is 0 Å². The van der Waals surface area contributed by atoms with E-state index in [1.165, 1.54) is 0 Å². The van der Waals surface area contributed by atoms with Crippen LogP contribution in [0.15, 0.2) is 23.8 Å². The fourth-order valence-electron chi connectivity index (χ4n) is 4.22. The van der Waals surface area contributed by atoms with Gasteiger partial charge in [-0.3, -0.25) is 4.79 Å². The smallest absolute Gasteiger partial charge is 0.165 e. The molecule has 3 heteroatoms. The van der Waals surface area contributed by atoms with Crippen molar-refractivity contribution in [3.63, 3.8) is 0 Å². The first-order valence-corrected chi connectivity index (χ1v) is 7.83. The summed E-state index contributed by atoms with van der Waals surface area (Å²) in [6.07, 6.45) is 4.16. The molecule has 0 N–H and O–H groups in total. The normalized spacial score (nSPS) is 30.9. The van der Waals surface area contributed by atoms with Crippen LogP contribution in [-0.4, -0.2) is 20.0 Å². The van der Waals surface area contributed by atoms with E-state index in [9.17, 15) is 4.79 Å². The number of hydrogen-bond acceptors (Lipinski definition) is 3. The third kappa shape index (κ3) is 1.84. The Kier molecular flexibility index (Phi) is 3.35. The van der Waals surface area contributed by atoms with Crippen molar-refractivity contribution >= 4 is 11.9 Å². The molecule has 2 aliphatic carbocycles. The Labute approximate surface area is 132 Å². The summed E-state index contributed by atoms with van der Waals surface area (Å²) in [4.78, 5) is 12.9. The van der Waals surface area contributed by atoms with Crippen molar-refractivity contribution in [1.82, 2.24) is 0 Å². The van der Waals surface area contributed by atoms with Crippen LogP contribution in [0.4, 0.5) is 0 Å². The summed E-state index contributed by atoms with van der Waals surface area (Å²) in [5, 5.41) is 0. The van der Waals surface area contributed by atoms with Gasteiger partial charge >= 0.3 is 0 Å². The lowest BCUT2D eigenvalue weighted by Gasteiger charge is -2.31. The van der Waals surface area contributed by atoms with Crippen molar-refractivity contribution in [2.24, 2.45) is 16.7 Å². The molecule has 2 bridgehead atoms. The zero-order chi connectivity index (χ0) is 16.1. The van der Waals surface area contributed by atoms with Gasteiger partial charge in [0.25, 0.3) is 0 Å². The number of ketones is 1. The van der Waals surface area contributed by atoms with E-state index in [0.29, 0.717) is 23.2 Å². The van der Waals surface area contributed by atoms with E-state index in [1.807, 2.05) is 24.3 Å². The Bertz CT molecular complexity index is 657. The molecule has 2 unspecified atom stereocenters. The van der Waals surface area contributed by atoms with Crippen LogP contribution in [0.5, 0.6) is 11.5 Å². The van der Waals surface area contributed by atoms with Crippen LogP contribution >= 0.6 is 0 Å². The van der Waals surface area contributed by atoms with Gasteiger partial charge in [0.1, 0.15) is 0 Å². The SMILES string of the molecule is COc1ccc(C=C2C(=O)C3(C)CCC2C3(C)C)cc1OC. The molecular weight excluding hydrogens is 276 g/mol. The van der Waals surface area contributed by atoms with Crippen LogP contribution in [0.25, 0.3) is 6.08 Å². The molecule has 2 aliphatic rings. The van der Waals surface area contributed by atoms with E-state index >= 15 is 0 Å². The first kappa shape index (κ1) is 15.1. The molecule has 0 aliphatic heterocycles. The van der Waals surface area contributed by atoms with Gasteiger partial charge < -0.3 is 9.47 Å². The fourth-order valence-corrected chi connectivity index (χ4v) is 4.22. The zero-order valence-electron chi connectivity index (χ0n) is 14.0. The average Bonchev–Trinajstić information content (AvgIpc) is 2.81. The molecule has 0 spiro atoms. The zero-order valence-corrected chi connectivity index (χ0v) is 14.0. The van der Waals surface area contributed by atoms with Gasteiger partial charge in [-0.1, -0.05) is 26.8 Å². The quantitative estimate of drug-likeness (QED) is 0.788. The minimum atomic E-state index is -0.208. The van der Waals surface area contributed by atoms with Gasteiger partial charge in [0.05, 0.1) is 14.2 Å². The molecule has 1 aromatic carbocycles. The second-order valence-electron chi connectivity index (χ2n) is 7.19. The number of rotatable bonds is 3. The Morgan fingerprint density at radius 2 is 1.82 bits per heavy atom. The number of carbonyl (C=O) groups is 1. The standard InChI is InChI=1S/C19H24O3/c1-18(2)14-8-9-19(18,3)17(20)13(14)10-12-6-7-15(21-4)16(11-12)22-5/h6-7,10-11,14H,8-9H2,1-5H3. The van der Waals surface area contributed by atoms with E-state index in [-0.39, 0.29) is 10.8 Å². The molecular formula is C19H24O3. The molecule has 3 nitrogen and oxygen atoms in total. The molecule has 0 radical (unpaired) electrons.